The first-order valence-corrected chi connectivity index (χ1v) is 4.07. The van der Waals surface area contributed by atoms with Crippen molar-refractivity contribution in [2.45, 2.75) is 32.6 Å². The highest BCUT2D eigenvalue weighted by Gasteiger charge is 1.99. The standard InChI is InChI=1S/C9H14O3/c1-2-3-4-5-6-7-8(10)9(11)12/h3-4H,2,5-7H2,1H3,(H,11,12)/p-1. The quantitative estimate of drug-likeness (QED) is 0.329. The van der Waals surface area contributed by atoms with Gasteiger partial charge in [-0.3, -0.25) is 4.79 Å². The summed E-state index contributed by atoms with van der Waals surface area (Å²) in [6.45, 7) is 2.02. The molecule has 0 unspecified atom stereocenters. The van der Waals surface area contributed by atoms with Gasteiger partial charge in [-0.2, -0.15) is 0 Å². The van der Waals surface area contributed by atoms with Gasteiger partial charge in [-0.1, -0.05) is 19.1 Å². The van der Waals surface area contributed by atoms with Crippen LogP contribution in [0.3, 0.4) is 0 Å². The minimum atomic E-state index is -1.57. The van der Waals surface area contributed by atoms with Gasteiger partial charge in [-0.25, -0.2) is 0 Å². The average molecular weight is 169 g/mol. The molecule has 0 N–H and O–H groups in total. The van der Waals surface area contributed by atoms with Gasteiger partial charge in [-0.05, 0) is 19.3 Å². The van der Waals surface area contributed by atoms with Crippen LogP contribution in [0.1, 0.15) is 32.6 Å². The molecule has 0 aliphatic carbocycles. The first kappa shape index (κ1) is 10.9. The predicted molar refractivity (Wildman–Crippen MR) is 43.3 cm³/mol. The number of allylic oxidation sites excluding steroid dienone is 2. The van der Waals surface area contributed by atoms with Gasteiger partial charge in [0.05, 0.1) is 0 Å². The van der Waals surface area contributed by atoms with Crippen molar-refractivity contribution in [3.8, 4) is 0 Å². The molecule has 0 spiro atoms. The Labute approximate surface area is 72.1 Å². The van der Waals surface area contributed by atoms with Crippen molar-refractivity contribution in [2.75, 3.05) is 0 Å². The second-order valence-electron chi connectivity index (χ2n) is 2.48. The Morgan fingerprint density at radius 2 is 2.00 bits per heavy atom. The molecule has 0 saturated carbocycles. The van der Waals surface area contributed by atoms with E-state index in [0.29, 0.717) is 6.42 Å². The molecule has 0 aromatic heterocycles. The summed E-state index contributed by atoms with van der Waals surface area (Å²) in [7, 11) is 0. The summed E-state index contributed by atoms with van der Waals surface area (Å²) in [4.78, 5) is 20.4. The van der Waals surface area contributed by atoms with Crippen LogP contribution in [0.5, 0.6) is 0 Å². The first-order valence-electron chi connectivity index (χ1n) is 4.07. The van der Waals surface area contributed by atoms with Crippen molar-refractivity contribution in [3.05, 3.63) is 12.2 Å². The smallest absolute Gasteiger partial charge is 0.178 e. The molecule has 0 saturated heterocycles. The molecular weight excluding hydrogens is 156 g/mol. The Bertz CT molecular complexity index is 182. The van der Waals surface area contributed by atoms with Crippen molar-refractivity contribution < 1.29 is 14.7 Å². The van der Waals surface area contributed by atoms with Crippen molar-refractivity contribution in [1.82, 2.24) is 0 Å². The Morgan fingerprint density at radius 1 is 1.33 bits per heavy atom. The summed E-state index contributed by atoms with van der Waals surface area (Å²) in [6, 6.07) is 0. The fraction of sp³-hybridized carbons (Fsp3) is 0.556. The van der Waals surface area contributed by atoms with Crippen molar-refractivity contribution in [3.63, 3.8) is 0 Å². The Balaban J connectivity index is 3.38. The number of Topliss-reactive ketones (excluding diaryl/α,β-unsaturated/α-hetero) is 1. The Kier molecular flexibility index (Phi) is 5.97. The van der Waals surface area contributed by atoms with E-state index in [2.05, 4.69) is 0 Å². The normalized spacial score (nSPS) is 10.4. The summed E-state index contributed by atoms with van der Waals surface area (Å²) in [5.74, 6) is -2.38. The van der Waals surface area contributed by atoms with Crippen LogP contribution in [0.15, 0.2) is 12.2 Å². The summed E-state index contributed by atoms with van der Waals surface area (Å²) < 4.78 is 0. The molecule has 0 fully saturated rings. The number of ketones is 1. The predicted octanol–water partition coefficient (Wildman–Crippen LogP) is 0.442. The molecule has 3 nitrogen and oxygen atoms in total. The number of aliphatic carboxylic acids is 1. The molecule has 0 bridgehead atoms. The summed E-state index contributed by atoms with van der Waals surface area (Å²) in [5, 5.41) is 9.94. The third kappa shape index (κ3) is 5.65. The molecule has 0 aromatic carbocycles. The maximum absolute atomic E-state index is 10.5. The molecule has 0 aliphatic heterocycles. The zero-order valence-corrected chi connectivity index (χ0v) is 7.21. The van der Waals surface area contributed by atoms with Crippen LogP contribution in [0.4, 0.5) is 0 Å². The van der Waals surface area contributed by atoms with Gasteiger partial charge in [0.2, 0.25) is 0 Å². The van der Waals surface area contributed by atoms with Gasteiger partial charge in [0.15, 0.2) is 5.78 Å². The second-order valence-corrected chi connectivity index (χ2v) is 2.48. The van der Waals surface area contributed by atoms with Crippen molar-refractivity contribution in [1.29, 1.82) is 0 Å². The number of hydrogen-bond donors (Lipinski definition) is 0. The zero-order chi connectivity index (χ0) is 9.40. The highest BCUT2D eigenvalue weighted by Crippen LogP contribution is 1.97. The lowest BCUT2D eigenvalue weighted by atomic mass is 10.1. The van der Waals surface area contributed by atoms with Gasteiger partial charge in [0.25, 0.3) is 0 Å². The molecule has 0 aliphatic rings. The van der Waals surface area contributed by atoms with E-state index >= 15 is 0 Å². The summed E-state index contributed by atoms with van der Waals surface area (Å²) in [6.07, 6.45) is 6.33. The van der Waals surface area contributed by atoms with Crippen LogP contribution < -0.4 is 5.11 Å². The van der Waals surface area contributed by atoms with E-state index in [0.717, 1.165) is 12.8 Å². The largest absolute Gasteiger partial charge is 0.542 e. The van der Waals surface area contributed by atoms with E-state index in [-0.39, 0.29) is 6.42 Å². The Morgan fingerprint density at radius 3 is 2.50 bits per heavy atom. The fourth-order valence-corrected chi connectivity index (χ4v) is 0.767. The van der Waals surface area contributed by atoms with Crippen LogP contribution in [-0.4, -0.2) is 11.8 Å². The van der Waals surface area contributed by atoms with Gasteiger partial charge in [0.1, 0.15) is 5.97 Å². The number of rotatable bonds is 6. The maximum atomic E-state index is 10.5. The molecule has 0 amide bonds. The molecule has 0 rings (SSSR count). The van der Waals surface area contributed by atoms with Gasteiger partial charge in [0, 0.05) is 6.42 Å². The maximum Gasteiger partial charge on any atom is 0.178 e. The average Bonchev–Trinajstić information content (AvgIpc) is 2.03. The number of hydrogen-bond acceptors (Lipinski definition) is 3. The van der Waals surface area contributed by atoms with Crippen LogP contribution in [0.2, 0.25) is 0 Å². The lowest BCUT2D eigenvalue weighted by molar-refractivity contribution is -0.300. The number of carbonyl (C=O) groups excluding carboxylic acids is 2. The third-order valence-electron chi connectivity index (χ3n) is 1.40. The van der Waals surface area contributed by atoms with Crippen LogP contribution in [0.25, 0.3) is 0 Å². The molecule has 12 heavy (non-hydrogen) atoms. The van der Waals surface area contributed by atoms with Crippen LogP contribution in [0, 0.1) is 0 Å². The van der Waals surface area contributed by atoms with E-state index in [4.69, 9.17) is 0 Å². The van der Waals surface area contributed by atoms with Gasteiger partial charge in [-0.15, -0.1) is 0 Å². The highest BCUT2D eigenvalue weighted by atomic mass is 16.4. The first-order chi connectivity index (χ1) is 5.68. The molecule has 0 heterocycles. The van der Waals surface area contributed by atoms with E-state index in [1.165, 1.54) is 0 Å². The van der Waals surface area contributed by atoms with Crippen molar-refractivity contribution >= 4 is 11.8 Å². The van der Waals surface area contributed by atoms with Gasteiger partial charge < -0.3 is 9.90 Å². The molecule has 3 heteroatoms. The summed E-state index contributed by atoms with van der Waals surface area (Å²) >= 11 is 0. The minimum absolute atomic E-state index is 0.0797. The summed E-state index contributed by atoms with van der Waals surface area (Å²) in [5.41, 5.74) is 0. The molecular formula is C9H13O3-. The lowest BCUT2D eigenvalue weighted by Gasteiger charge is -1.98. The van der Waals surface area contributed by atoms with E-state index in [9.17, 15) is 14.7 Å². The third-order valence-corrected chi connectivity index (χ3v) is 1.40. The number of unbranched alkanes of at least 4 members (excludes halogenated alkanes) is 1. The lowest BCUT2D eigenvalue weighted by Crippen LogP contribution is -2.31. The minimum Gasteiger partial charge on any atom is -0.542 e. The van der Waals surface area contributed by atoms with Crippen molar-refractivity contribution in [2.24, 2.45) is 0 Å². The Hall–Kier alpha value is -1.12. The topological polar surface area (TPSA) is 57.2 Å². The SMILES string of the molecule is CCC=CCCCC(=O)C(=O)[O-]. The zero-order valence-electron chi connectivity index (χ0n) is 7.21. The second kappa shape index (κ2) is 6.58. The number of carbonyl (C=O) groups is 2. The van der Waals surface area contributed by atoms with E-state index in [1.807, 2.05) is 19.1 Å². The number of carboxylic acids is 1. The molecule has 0 radical (unpaired) electrons. The molecule has 0 aromatic rings. The van der Waals surface area contributed by atoms with E-state index < -0.39 is 11.8 Å². The highest BCUT2D eigenvalue weighted by molar-refractivity contribution is 6.31. The van der Waals surface area contributed by atoms with Crippen LogP contribution in [-0.2, 0) is 9.59 Å². The number of carboxylic acid groups (broad SMARTS) is 1. The monoisotopic (exact) mass is 169 g/mol. The van der Waals surface area contributed by atoms with Crippen LogP contribution >= 0.6 is 0 Å². The fourth-order valence-electron chi connectivity index (χ4n) is 0.767. The van der Waals surface area contributed by atoms with E-state index in [1.54, 1.807) is 0 Å². The molecule has 0 atom stereocenters. The molecule has 68 valence electrons. The van der Waals surface area contributed by atoms with Gasteiger partial charge >= 0.3 is 0 Å².